The van der Waals surface area contributed by atoms with Crippen LogP contribution in [0.2, 0.25) is 13.1 Å². The third kappa shape index (κ3) is 8.62. The van der Waals surface area contributed by atoms with Crippen LogP contribution in [-0.2, 0) is 37.2 Å². The molecular formula is C58H81Cl2SiZr. The van der Waals surface area contributed by atoms with E-state index in [1.807, 2.05) is 0 Å². The van der Waals surface area contributed by atoms with Gasteiger partial charge in [0, 0.05) is 0 Å². The summed E-state index contributed by atoms with van der Waals surface area (Å²) in [5, 5.41) is 0. The first-order valence-electron chi connectivity index (χ1n) is 24.0. The van der Waals surface area contributed by atoms with Crippen LogP contribution in [0, 0.1) is 0 Å². The molecule has 62 heavy (non-hydrogen) atoms. The van der Waals surface area contributed by atoms with Crippen LogP contribution in [0.15, 0.2) is 71.8 Å². The fourth-order valence-corrected chi connectivity index (χ4v) is 42.5. The molecule has 0 aliphatic heterocycles. The number of hydrogen-bond donors (Lipinski definition) is 0. The third-order valence-corrected chi connectivity index (χ3v) is 66.7. The fourth-order valence-electron chi connectivity index (χ4n) is 10.7. The van der Waals surface area contributed by atoms with Gasteiger partial charge in [-0.3, -0.25) is 0 Å². The Morgan fingerprint density at radius 2 is 0.790 bits per heavy atom. The van der Waals surface area contributed by atoms with Gasteiger partial charge in [-0.05, 0) is 0 Å². The minimum absolute atomic E-state index is 0.0134. The van der Waals surface area contributed by atoms with Crippen molar-refractivity contribution in [1.29, 1.82) is 0 Å². The van der Waals surface area contributed by atoms with E-state index >= 15 is 0 Å². The molecule has 2 atom stereocenters. The molecule has 0 amide bonds. The van der Waals surface area contributed by atoms with Crippen molar-refractivity contribution in [1.82, 2.24) is 0 Å². The maximum absolute atomic E-state index is 9.04. The number of halogens is 2. The van der Waals surface area contributed by atoms with Crippen molar-refractivity contribution < 1.29 is 15.6 Å². The Balaban J connectivity index is 1.68. The summed E-state index contributed by atoms with van der Waals surface area (Å²) in [7, 11) is 18.1. The monoisotopic (exact) mass is 965 g/mol. The number of fused-ring (bicyclic) bond motifs is 2. The van der Waals surface area contributed by atoms with Crippen LogP contribution in [-0.4, -0.2) is 5.92 Å². The molecule has 2 aliphatic carbocycles. The first-order chi connectivity index (χ1) is 28.4. The zero-order chi connectivity index (χ0) is 46.5. The molecule has 0 radical (unpaired) electrons. The molecule has 0 bridgehead atoms. The number of allylic oxidation sites excluding steroid dienone is 2. The molecule has 4 aromatic rings. The van der Waals surface area contributed by atoms with E-state index in [4.69, 9.17) is 17.0 Å². The van der Waals surface area contributed by atoms with Crippen LogP contribution in [0.4, 0.5) is 0 Å². The molecule has 4 heteroatoms. The Kier molecular flexibility index (Phi) is 13.3. The van der Waals surface area contributed by atoms with E-state index in [-0.39, 0.29) is 28.9 Å². The molecule has 335 valence electrons. The summed E-state index contributed by atoms with van der Waals surface area (Å²) in [5.41, 5.74) is 22.2. The second kappa shape index (κ2) is 16.7. The molecule has 0 heterocycles. The first-order valence-corrected chi connectivity index (χ1v) is 40.3. The molecule has 6 rings (SSSR count). The van der Waals surface area contributed by atoms with Crippen LogP contribution in [0.3, 0.4) is 0 Å². The van der Waals surface area contributed by atoms with Crippen molar-refractivity contribution in [2.75, 3.05) is 0 Å². The molecular weight excluding hydrogens is 887 g/mol. The fraction of sp³-hybridized carbons (Fsp3) is 0.517. The summed E-state index contributed by atoms with van der Waals surface area (Å²) in [6.07, 6.45) is 7.02. The molecule has 0 aromatic heterocycles. The topological polar surface area (TPSA) is 0 Å². The second-order valence-electron chi connectivity index (χ2n) is 24.4. The van der Waals surface area contributed by atoms with Crippen LogP contribution in [0.1, 0.15) is 212 Å². The van der Waals surface area contributed by atoms with E-state index in [1.54, 1.807) is 0 Å². The maximum atomic E-state index is 9.04. The quantitative estimate of drug-likeness (QED) is 0.147. The van der Waals surface area contributed by atoms with Gasteiger partial charge in [0.25, 0.3) is 0 Å². The van der Waals surface area contributed by atoms with Gasteiger partial charge in [0.1, 0.15) is 0 Å². The average molecular weight is 969 g/mol. The zero-order valence-corrected chi connectivity index (χ0v) is 47.6. The van der Waals surface area contributed by atoms with E-state index in [0.29, 0.717) is 11.8 Å². The van der Waals surface area contributed by atoms with Crippen LogP contribution in [0.25, 0.3) is 34.4 Å². The Hall–Kier alpha value is -1.96. The standard InChI is InChI=1S/2C28H37.C2H7Si.2ClH.Zr/c2*1-10-19-13-20-11-12-24(18(2)3)26(25(20)14-19)21-15-22(27(4,5)6)17-23(16-21)28(7,8)9;1-3-2;;;/h2*11-18H,10H2,1-9H3;3H,1-2H3;2*1H;/q;;;;;+2/p-2. The predicted molar refractivity (Wildman–Crippen MR) is 279 cm³/mol. The van der Waals surface area contributed by atoms with Gasteiger partial charge in [0.2, 0.25) is 0 Å². The predicted octanol–water partition coefficient (Wildman–Crippen LogP) is 18.8. The Labute approximate surface area is 388 Å². The van der Waals surface area contributed by atoms with E-state index in [1.165, 1.54) is 89.0 Å². The van der Waals surface area contributed by atoms with E-state index in [2.05, 4.69) is 211 Å². The summed E-state index contributed by atoms with van der Waals surface area (Å²) in [6.45, 7) is 47.3. The van der Waals surface area contributed by atoms with Crippen LogP contribution < -0.4 is 0 Å². The minimum atomic E-state index is -5.05. The van der Waals surface area contributed by atoms with Crippen molar-refractivity contribution in [2.24, 2.45) is 0 Å². The normalized spacial score (nSPS) is 18.0. The third-order valence-electron chi connectivity index (χ3n) is 14.8. The number of hydrogen-bond acceptors (Lipinski definition) is 0. The Morgan fingerprint density at radius 1 is 0.500 bits per heavy atom. The van der Waals surface area contributed by atoms with E-state index in [0.717, 1.165) is 12.8 Å². The number of benzene rings is 4. The van der Waals surface area contributed by atoms with Gasteiger partial charge < -0.3 is 0 Å². The van der Waals surface area contributed by atoms with Gasteiger partial charge in [-0.25, -0.2) is 0 Å². The summed E-state index contributed by atoms with van der Waals surface area (Å²) in [6, 6.07) is 24.7. The Morgan fingerprint density at radius 3 is 1.02 bits per heavy atom. The summed E-state index contributed by atoms with van der Waals surface area (Å²) in [4.78, 5) is 0. The molecule has 0 fully saturated rings. The molecule has 0 saturated heterocycles. The summed E-state index contributed by atoms with van der Waals surface area (Å²) >= 11 is -5.05. The van der Waals surface area contributed by atoms with Crippen LogP contribution in [0.5, 0.6) is 0 Å². The molecule has 0 N–H and O–H groups in total. The zero-order valence-electron chi connectivity index (χ0n) is 42.5. The summed E-state index contributed by atoms with van der Waals surface area (Å²) < 4.78 is 0.102. The van der Waals surface area contributed by atoms with E-state index < -0.39 is 21.5 Å². The van der Waals surface area contributed by atoms with Gasteiger partial charge in [-0.15, -0.1) is 0 Å². The van der Waals surface area contributed by atoms with Gasteiger partial charge in [-0.2, -0.15) is 0 Å². The van der Waals surface area contributed by atoms with Gasteiger partial charge >= 0.3 is 392 Å². The molecule has 2 unspecified atom stereocenters. The van der Waals surface area contributed by atoms with Gasteiger partial charge in [0.05, 0.1) is 0 Å². The summed E-state index contributed by atoms with van der Waals surface area (Å²) in [5.74, 6) is -1.03. The molecule has 0 nitrogen and oxygen atoms in total. The van der Waals surface area contributed by atoms with E-state index in [9.17, 15) is 0 Å². The van der Waals surface area contributed by atoms with Gasteiger partial charge in [0.15, 0.2) is 0 Å². The second-order valence-corrected chi connectivity index (χ2v) is 66.9. The molecule has 4 aromatic carbocycles. The van der Waals surface area contributed by atoms with Crippen molar-refractivity contribution in [2.45, 2.75) is 191 Å². The van der Waals surface area contributed by atoms with Crippen molar-refractivity contribution in [3.8, 4) is 22.3 Å². The average Bonchev–Trinajstić information content (AvgIpc) is 3.75. The van der Waals surface area contributed by atoms with Crippen molar-refractivity contribution in [3.63, 3.8) is 0 Å². The number of rotatable bonds is 9. The van der Waals surface area contributed by atoms with Gasteiger partial charge in [-0.1, -0.05) is 0 Å². The first kappa shape index (κ1) is 49.5. The van der Waals surface area contributed by atoms with Crippen LogP contribution >= 0.6 is 17.0 Å². The SMILES string of the molecule is CCC1=Cc2c(ccc(C(C)C)c2-c2cc(C(C)(C)C)cc(C(C)(C)C)c2)[CH]1[Zr]([Cl])([Cl])([CH]1C(CC)=Cc2c1ccc(C(C)C)c2-c1cc(C(C)(C)C)cc(C(C)(C)C)c1)[SiH](C)C. The molecule has 2 aliphatic rings. The molecule has 0 saturated carbocycles. The Bertz CT molecular complexity index is 2220. The van der Waals surface area contributed by atoms with Crippen molar-refractivity contribution in [3.05, 3.63) is 127 Å². The van der Waals surface area contributed by atoms with Crippen molar-refractivity contribution >= 4 is 35.1 Å². The molecule has 0 spiro atoms.